The van der Waals surface area contributed by atoms with E-state index in [0.717, 1.165) is 35.3 Å². The molecular weight excluding hydrogens is 448 g/mol. The van der Waals surface area contributed by atoms with Crippen molar-refractivity contribution in [1.82, 2.24) is 0 Å². The van der Waals surface area contributed by atoms with E-state index in [1.165, 1.54) is 62.5 Å². The van der Waals surface area contributed by atoms with Crippen LogP contribution in [0.25, 0.3) is 0 Å². The fourth-order valence-electron chi connectivity index (χ4n) is 4.03. The van der Waals surface area contributed by atoms with Crippen LogP contribution in [0.3, 0.4) is 0 Å². The minimum absolute atomic E-state index is 0.603. The highest BCUT2D eigenvalue weighted by atomic mass is 35.5. The van der Waals surface area contributed by atoms with Gasteiger partial charge in [-0.2, -0.15) is 0 Å². The van der Waals surface area contributed by atoms with E-state index in [0.29, 0.717) is 5.02 Å². The molecule has 3 rings (SSSR count). The zero-order valence-corrected chi connectivity index (χ0v) is 22.1. The van der Waals surface area contributed by atoms with Gasteiger partial charge in [0.2, 0.25) is 0 Å². The molecule has 0 bridgehead atoms. The van der Waals surface area contributed by atoms with E-state index < -0.39 is 0 Å². The number of hydrogen-bond acceptors (Lipinski definition) is 2. The number of benzene rings is 3. The maximum absolute atomic E-state index is 6.49. The summed E-state index contributed by atoms with van der Waals surface area (Å²) in [5.41, 5.74) is 6.53. The molecular formula is C32H39ClN2. The van der Waals surface area contributed by atoms with E-state index >= 15 is 0 Å². The van der Waals surface area contributed by atoms with Gasteiger partial charge >= 0.3 is 0 Å². The lowest BCUT2D eigenvalue weighted by atomic mass is 10.0. The molecule has 0 radical (unpaired) electrons. The van der Waals surface area contributed by atoms with Gasteiger partial charge in [-0.1, -0.05) is 113 Å². The smallest absolute Gasteiger partial charge is 0.0817 e. The maximum Gasteiger partial charge on any atom is 0.0817 e. The molecule has 3 aromatic rings. The van der Waals surface area contributed by atoms with Crippen LogP contribution in [-0.4, -0.2) is 12.4 Å². The summed E-state index contributed by atoms with van der Waals surface area (Å²) in [6.07, 6.45) is 16.4. The summed E-state index contributed by atoms with van der Waals surface area (Å²) in [6, 6.07) is 23.1. The predicted octanol–water partition coefficient (Wildman–Crippen LogP) is 10.1. The highest BCUT2D eigenvalue weighted by Gasteiger charge is 2.01. The van der Waals surface area contributed by atoms with Crippen molar-refractivity contribution in [1.29, 1.82) is 0 Å². The number of unbranched alkanes of at least 4 members (excludes halogenated alkanes) is 6. The Kier molecular flexibility index (Phi) is 11.8. The van der Waals surface area contributed by atoms with Crippen molar-refractivity contribution in [3.63, 3.8) is 0 Å². The van der Waals surface area contributed by atoms with E-state index in [4.69, 9.17) is 11.6 Å². The number of halogens is 1. The van der Waals surface area contributed by atoms with Gasteiger partial charge in [-0.05, 0) is 66.1 Å². The lowest BCUT2D eigenvalue weighted by molar-refractivity contribution is 0.667. The zero-order valence-electron chi connectivity index (χ0n) is 21.3. The van der Waals surface area contributed by atoms with Gasteiger partial charge < -0.3 is 0 Å². The third-order valence-electron chi connectivity index (χ3n) is 6.24. The molecule has 0 saturated carbocycles. The third kappa shape index (κ3) is 9.82. The minimum atomic E-state index is 0.603. The highest BCUT2D eigenvalue weighted by Crippen LogP contribution is 2.29. The van der Waals surface area contributed by atoms with E-state index in [9.17, 15) is 0 Å². The molecule has 3 aromatic carbocycles. The molecule has 35 heavy (non-hydrogen) atoms. The summed E-state index contributed by atoms with van der Waals surface area (Å²) in [6.45, 7) is 4.49. The molecule has 0 heterocycles. The topological polar surface area (TPSA) is 24.7 Å². The number of hydrogen-bond donors (Lipinski definition) is 0. The van der Waals surface area contributed by atoms with Crippen LogP contribution in [0.2, 0.25) is 5.02 Å². The average Bonchev–Trinajstić information content (AvgIpc) is 2.89. The van der Waals surface area contributed by atoms with Crippen molar-refractivity contribution < 1.29 is 0 Å². The Bertz CT molecular complexity index is 1070. The second kappa shape index (κ2) is 15.3. The van der Waals surface area contributed by atoms with Crippen molar-refractivity contribution in [3.05, 3.63) is 94.0 Å². The second-order valence-electron chi connectivity index (χ2n) is 9.26. The molecule has 0 saturated heterocycles. The second-order valence-corrected chi connectivity index (χ2v) is 9.66. The standard InChI is InChI=1S/C32H39ClN2/c1-3-5-7-9-11-26-13-17-28(18-14-26)24-34-30-21-22-32(31(33)23-30)35-25-29-19-15-27(16-20-29)12-10-8-6-4-2/h13-25H,3-12H2,1-2H3. The number of nitrogens with zero attached hydrogens (tertiary/aromatic N) is 2. The van der Waals surface area contributed by atoms with Crippen LogP contribution in [0.5, 0.6) is 0 Å². The van der Waals surface area contributed by atoms with Gasteiger partial charge in [0.05, 0.1) is 16.4 Å². The Labute approximate surface area is 217 Å². The number of aryl methyl sites for hydroxylation is 2. The van der Waals surface area contributed by atoms with Gasteiger partial charge in [-0.3, -0.25) is 9.98 Å². The quantitative estimate of drug-likeness (QED) is 0.160. The first-order valence-corrected chi connectivity index (χ1v) is 13.6. The Hall–Kier alpha value is -2.71. The van der Waals surface area contributed by atoms with E-state index in [1.807, 2.05) is 30.6 Å². The van der Waals surface area contributed by atoms with Gasteiger partial charge in [0, 0.05) is 12.4 Å². The zero-order chi connectivity index (χ0) is 24.7. The van der Waals surface area contributed by atoms with E-state index in [2.05, 4.69) is 72.4 Å². The fourth-order valence-corrected chi connectivity index (χ4v) is 4.25. The number of aliphatic imine (C=N–C) groups is 2. The van der Waals surface area contributed by atoms with Crippen LogP contribution in [0, 0.1) is 0 Å². The van der Waals surface area contributed by atoms with Crippen LogP contribution < -0.4 is 0 Å². The average molecular weight is 487 g/mol. The first kappa shape index (κ1) is 26.9. The van der Waals surface area contributed by atoms with Crippen LogP contribution >= 0.6 is 11.6 Å². The Morgan fingerprint density at radius 3 is 1.60 bits per heavy atom. The molecule has 0 spiro atoms. The van der Waals surface area contributed by atoms with Gasteiger partial charge in [-0.25, -0.2) is 0 Å². The van der Waals surface area contributed by atoms with Gasteiger partial charge in [0.1, 0.15) is 0 Å². The van der Waals surface area contributed by atoms with Gasteiger partial charge in [-0.15, -0.1) is 0 Å². The molecule has 0 N–H and O–H groups in total. The van der Waals surface area contributed by atoms with E-state index in [-0.39, 0.29) is 0 Å². The van der Waals surface area contributed by atoms with Crippen LogP contribution in [0.1, 0.15) is 87.5 Å². The summed E-state index contributed by atoms with van der Waals surface area (Å²) < 4.78 is 0. The molecule has 0 atom stereocenters. The summed E-state index contributed by atoms with van der Waals surface area (Å²) >= 11 is 6.49. The molecule has 184 valence electrons. The first-order chi connectivity index (χ1) is 17.2. The summed E-state index contributed by atoms with van der Waals surface area (Å²) in [5.74, 6) is 0. The first-order valence-electron chi connectivity index (χ1n) is 13.2. The fraction of sp³-hybridized carbons (Fsp3) is 0.375. The number of rotatable bonds is 14. The summed E-state index contributed by atoms with van der Waals surface area (Å²) in [5, 5.41) is 0.603. The van der Waals surface area contributed by atoms with E-state index in [1.54, 1.807) is 0 Å². The normalized spacial score (nSPS) is 11.6. The molecule has 0 aliphatic rings. The Balaban J connectivity index is 1.52. The van der Waals surface area contributed by atoms with Crippen LogP contribution in [-0.2, 0) is 12.8 Å². The molecule has 0 fully saturated rings. The largest absolute Gasteiger partial charge is 0.256 e. The Morgan fingerprint density at radius 1 is 0.600 bits per heavy atom. The van der Waals surface area contributed by atoms with Gasteiger partial charge in [0.15, 0.2) is 0 Å². The molecule has 0 amide bonds. The molecule has 0 aliphatic heterocycles. The summed E-state index contributed by atoms with van der Waals surface area (Å²) in [7, 11) is 0. The monoisotopic (exact) mass is 486 g/mol. The SMILES string of the molecule is CCCCCCc1ccc(C=Nc2ccc(N=Cc3ccc(CCCCCC)cc3)c(Cl)c2)cc1. The van der Waals surface area contributed by atoms with Gasteiger partial charge in [0.25, 0.3) is 0 Å². The molecule has 0 unspecified atom stereocenters. The highest BCUT2D eigenvalue weighted by molar-refractivity contribution is 6.33. The van der Waals surface area contributed by atoms with Crippen molar-refractivity contribution in [2.24, 2.45) is 9.98 Å². The lowest BCUT2D eigenvalue weighted by Crippen LogP contribution is -1.88. The third-order valence-corrected chi connectivity index (χ3v) is 6.55. The molecule has 2 nitrogen and oxygen atoms in total. The van der Waals surface area contributed by atoms with Crippen LogP contribution in [0.4, 0.5) is 11.4 Å². The van der Waals surface area contributed by atoms with Crippen LogP contribution in [0.15, 0.2) is 76.7 Å². The lowest BCUT2D eigenvalue weighted by Gasteiger charge is -2.03. The molecule has 3 heteroatoms. The Morgan fingerprint density at radius 2 is 1.11 bits per heavy atom. The molecule has 0 aliphatic carbocycles. The maximum atomic E-state index is 6.49. The van der Waals surface area contributed by atoms with Crippen molar-refractivity contribution in [2.45, 2.75) is 78.1 Å². The predicted molar refractivity (Wildman–Crippen MR) is 155 cm³/mol. The van der Waals surface area contributed by atoms with Crippen molar-refractivity contribution in [2.75, 3.05) is 0 Å². The molecule has 0 aromatic heterocycles. The van der Waals surface area contributed by atoms with Crippen molar-refractivity contribution >= 4 is 35.4 Å². The summed E-state index contributed by atoms with van der Waals surface area (Å²) in [4.78, 5) is 9.19. The van der Waals surface area contributed by atoms with Crippen molar-refractivity contribution in [3.8, 4) is 0 Å². The minimum Gasteiger partial charge on any atom is -0.256 e.